The molecule has 134 heavy (non-hydrogen) atoms. The fraction of sp³-hybridized carbons (Fsp3) is 0. The second kappa shape index (κ2) is 34.6. The minimum atomic E-state index is 0.871. The van der Waals surface area contributed by atoms with Crippen LogP contribution in [0.2, 0.25) is 0 Å². The van der Waals surface area contributed by atoms with E-state index in [9.17, 15) is 0 Å². The van der Waals surface area contributed by atoms with Gasteiger partial charge in [0.05, 0.1) is 38.9 Å². The number of hydrogen-bond donors (Lipinski definition) is 0. The number of hydrogen-bond acceptors (Lipinski definition) is 6. The third-order valence-corrected chi connectivity index (χ3v) is 26.1. The Balaban J connectivity index is 0.000000111. The average molecular weight is 1710 g/mol. The van der Waals surface area contributed by atoms with Gasteiger partial charge in [-0.3, -0.25) is 0 Å². The predicted molar refractivity (Wildman–Crippen MR) is 565 cm³/mol. The number of nitrogens with zero attached hydrogens (tertiary/aromatic N) is 3. The quantitative estimate of drug-likeness (QED) is 0.102. The molecule has 0 radical (unpaired) electrons. The van der Waals surface area contributed by atoms with Crippen LogP contribution in [-0.2, 0) is 0 Å². The molecule has 26 aromatic rings. The maximum atomic E-state index is 6.76. The first kappa shape index (κ1) is 79.5. The maximum Gasteiger partial charge on any atom is 0.143 e. The fourth-order valence-electron chi connectivity index (χ4n) is 19.9. The highest BCUT2D eigenvalue weighted by Gasteiger charge is 2.28. The van der Waals surface area contributed by atoms with Crippen LogP contribution >= 0.6 is 0 Å². The largest absolute Gasteiger partial charge is 0.455 e. The van der Waals surface area contributed by atoms with Crippen LogP contribution in [0.5, 0.6) is 0 Å². The number of para-hydroxylation sites is 4. The van der Waals surface area contributed by atoms with Crippen LogP contribution < -0.4 is 14.7 Å². The molecule has 0 unspecified atom stereocenters. The van der Waals surface area contributed by atoms with E-state index in [1.54, 1.807) is 0 Å². The highest BCUT2D eigenvalue weighted by atomic mass is 16.3. The summed E-state index contributed by atoms with van der Waals surface area (Å²) in [7, 11) is 0. The van der Waals surface area contributed by atoms with Crippen molar-refractivity contribution in [2.24, 2.45) is 0 Å². The van der Waals surface area contributed by atoms with Crippen molar-refractivity contribution in [3.63, 3.8) is 0 Å². The molecule has 6 nitrogen and oxygen atoms in total. The molecule has 630 valence electrons. The van der Waals surface area contributed by atoms with Crippen LogP contribution in [-0.4, -0.2) is 0 Å². The summed E-state index contributed by atoms with van der Waals surface area (Å²) >= 11 is 0. The lowest BCUT2D eigenvalue weighted by Crippen LogP contribution is -2.10. The van der Waals surface area contributed by atoms with Gasteiger partial charge in [0.25, 0.3) is 0 Å². The Morgan fingerprint density at radius 1 is 0.134 bits per heavy atom. The summed E-state index contributed by atoms with van der Waals surface area (Å²) in [5.41, 5.74) is 29.6. The van der Waals surface area contributed by atoms with Crippen molar-refractivity contribution in [1.29, 1.82) is 0 Å². The SMILES string of the molecule is c1ccc(-c2ccc(-c3cc4c(oc5cccc(N(c6ccccc6)c6ccc7ccccc7c6)c54)c4ccccc34)cc2)cc1.c1ccc(-c2ccc(-c3cc4c(oc5cccc(N(c6ccccc6)c6cccc7ccccc67)c54)c4ccccc34)cc2)cc1.c1ccc(-c2ccc(-c3cc4c(oc5cccc(N(c6ccccc6)c6ccccc6)c54)c4ccccc34)cc2)cc1. The Bertz CT molecular complexity index is 8780. The van der Waals surface area contributed by atoms with E-state index >= 15 is 0 Å². The second-order valence-corrected chi connectivity index (χ2v) is 34.0. The fourth-order valence-corrected chi connectivity index (χ4v) is 19.9. The van der Waals surface area contributed by atoms with E-state index in [0.29, 0.717) is 0 Å². The van der Waals surface area contributed by atoms with Gasteiger partial charge in [-0.15, -0.1) is 0 Å². The van der Waals surface area contributed by atoms with E-state index in [-0.39, 0.29) is 0 Å². The molecule has 0 spiro atoms. The molecule has 0 saturated carbocycles. The summed E-state index contributed by atoms with van der Waals surface area (Å²) in [5.74, 6) is 0. The molecule has 3 heterocycles. The summed E-state index contributed by atoms with van der Waals surface area (Å²) < 4.78 is 20.2. The first-order chi connectivity index (χ1) is 66.5. The molecule has 0 saturated heterocycles. The molecule has 0 bridgehead atoms. The molecule has 0 aliphatic rings. The molecular formula is C128H85N3O3. The highest BCUT2D eigenvalue weighted by molar-refractivity contribution is 6.26. The number of anilines is 9. The Hall–Kier alpha value is -17.8. The van der Waals surface area contributed by atoms with Gasteiger partial charge in [0.1, 0.15) is 33.5 Å². The molecular weight excluding hydrogens is 1630 g/mol. The van der Waals surface area contributed by atoms with E-state index < -0.39 is 0 Å². The average Bonchev–Trinajstić information content (AvgIpc) is 1.57. The first-order valence-electron chi connectivity index (χ1n) is 45.7. The van der Waals surface area contributed by atoms with Crippen molar-refractivity contribution in [2.45, 2.75) is 0 Å². The molecule has 0 N–H and O–H groups in total. The van der Waals surface area contributed by atoms with Crippen molar-refractivity contribution in [3.8, 4) is 66.8 Å². The van der Waals surface area contributed by atoms with Crippen LogP contribution in [0, 0.1) is 0 Å². The van der Waals surface area contributed by atoms with Crippen molar-refractivity contribution in [3.05, 3.63) is 516 Å². The molecule has 0 aliphatic carbocycles. The molecule has 0 atom stereocenters. The Kier molecular flexibility index (Phi) is 20.6. The zero-order chi connectivity index (χ0) is 88.8. The van der Waals surface area contributed by atoms with Gasteiger partial charge in [-0.2, -0.15) is 0 Å². The van der Waals surface area contributed by atoms with Gasteiger partial charge in [0.15, 0.2) is 0 Å². The van der Waals surface area contributed by atoms with Gasteiger partial charge in [-0.1, -0.05) is 394 Å². The minimum absolute atomic E-state index is 0.871. The Morgan fingerprint density at radius 3 is 0.754 bits per heavy atom. The third kappa shape index (κ3) is 14.6. The van der Waals surface area contributed by atoms with Crippen LogP contribution in [0.3, 0.4) is 0 Å². The predicted octanol–water partition coefficient (Wildman–Crippen LogP) is 36.9. The molecule has 23 aromatic carbocycles. The molecule has 0 amide bonds. The zero-order valence-electron chi connectivity index (χ0n) is 73.1. The summed E-state index contributed by atoms with van der Waals surface area (Å²) in [6, 6.07) is 183. The normalized spacial score (nSPS) is 11.4. The van der Waals surface area contributed by atoms with Crippen LogP contribution in [0.1, 0.15) is 0 Å². The topological polar surface area (TPSA) is 49.1 Å². The number of rotatable bonds is 15. The smallest absolute Gasteiger partial charge is 0.143 e. The van der Waals surface area contributed by atoms with E-state index in [2.05, 4.69) is 530 Å². The van der Waals surface area contributed by atoms with Crippen molar-refractivity contribution < 1.29 is 13.3 Å². The Labute approximate surface area is 775 Å². The van der Waals surface area contributed by atoms with E-state index in [1.165, 1.54) is 104 Å². The van der Waals surface area contributed by atoms with Gasteiger partial charge < -0.3 is 28.0 Å². The second-order valence-electron chi connectivity index (χ2n) is 34.0. The van der Waals surface area contributed by atoms with E-state index in [0.717, 1.165) is 133 Å². The molecule has 0 aliphatic heterocycles. The van der Waals surface area contributed by atoms with Gasteiger partial charge in [-0.05, 0) is 220 Å². The summed E-state index contributed by atoms with van der Waals surface area (Å²) in [6.07, 6.45) is 0. The number of fused-ring (bicyclic) bond motifs is 17. The molecule has 26 rings (SSSR count). The van der Waals surface area contributed by atoms with Gasteiger partial charge in [0, 0.05) is 66.1 Å². The minimum Gasteiger partial charge on any atom is -0.455 e. The zero-order valence-corrected chi connectivity index (χ0v) is 73.1. The lowest BCUT2D eigenvalue weighted by atomic mass is 9.93. The Morgan fingerprint density at radius 2 is 0.388 bits per heavy atom. The standard InChI is InChI=1S/2C44H29NO.C40H27NO/c1-3-13-30(14-4-1)31-25-27-33(28-26-31)38-29-39-43-41(23-12-24-42(43)46-44(39)37-21-10-9-20-36(37)38)45(34-17-5-2-6-18-34)40-22-11-16-32-15-7-8-19-35(32)40;1-3-12-30(13-4-1)32-22-24-33(25-23-32)39-29-40-43-41(20-11-21-42(43)46-44(40)38-19-10-9-18-37(38)39)45(35-16-5-2-6-17-35)36-27-26-31-14-7-8-15-34(31)28-36;1-4-13-28(14-5-1)29-23-25-30(26-24-29)35-27-36-39-37(41(31-15-6-2-7-16-31)32-17-8-3-9-18-32)21-12-22-38(39)42-40(36)34-20-11-10-19-33(34)35/h2*1-29H;1-27H. The summed E-state index contributed by atoms with van der Waals surface area (Å²) in [4.78, 5) is 7.05. The number of benzene rings is 23. The molecule has 0 fully saturated rings. The summed E-state index contributed by atoms with van der Waals surface area (Å²) in [6.45, 7) is 0. The van der Waals surface area contributed by atoms with Crippen molar-refractivity contribution in [2.75, 3.05) is 14.7 Å². The summed E-state index contributed by atoms with van der Waals surface area (Å²) in [5, 5.41) is 18.3. The van der Waals surface area contributed by atoms with E-state index in [1.807, 2.05) is 0 Å². The van der Waals surface area contributed by atoms with Crippen molar-refractivity contribution >= 4 is 171 Å². The monoisotopic (exact) mass is 1710 g/mol. The maximum absolute atomic E-state index is 6.76. The molecule has 3 aromatic heterocycles. The van der Waals surface area contributed by atoms with E-state index in [4.69, 9.17) is 13.3 Å². The first-order valence-corrected chi connectivity index (χ1v) is 45.7. The lowest BCUT2D eigenvalue weighted by Gasteiger charge is -2.27. The third-order valence-electron chi connectivity index (χ3n) is 26.1. The molecule has 6 heteroatoms. The van der Waals surface area contributed by atoms with Gasteiger partial charge in [-0.25, -0.2) is 0 Å². The van der Waals surface area contributed by atoms with Gasteiger partial charge in [0.2, 0.25) is 0 Å². The van der Waals surface area contributed by atoms with Gasteiger partial charge >= 0.3 is 0 Å². The number of furan rings is 3. The van der Waals surface area contributed by atoms with Crippen LogP contribution in [0.15, 0.2) is 529 Å². The van der Waals surface area contributed by atoms with Crippen LogP contribution in [0.25, 0.3) is 186 Å². The lowest BCUT2D eigenvalue weighted by molar-refractivity contribution is 0.672. The highest BCUT2D eigenvalue weighted by Crippen LogP contribution is 2.52. The van der Waals surface area contributed by atoms with Crippen LogP contribution in [0.4, 0.5) is 51.2 Å². The van der Waals surface area contributed by atoms with Crippen molar-refractivity contribution in [1.82, 2.24) is 0 Å².